The molecule has 1 unspecified atom stereocenters. The Balaban J connectivity index is 3.21. The molecule has 0 bridgehead atoms. The highest BCUT2D eigenvalue weighted by atomic mass is 19.4. The summed E-state index contributed by atoms with van der Waals surface area (Å²) in [5.41, 5.74) is 5.49. The first-order valence-electron chi connectivity index (χ1n) is 5.90. The largest absolute Gasteiger partial charge is 0.433 e. The van der Waals surface area contributed by atoms with E-state index in [1.807, 2.05) is 25.7 Å². The lowest BCUT2D eigenvalue weighted by Gasteiger charge is -2.30. The second-order valence-electron chi connectivity index (χ2n) is 4.17. The minimum atomic E-state index is -4.45. The van der Waals surface area contributed by atoms with E-state index in [2.05, 4.69) is 4.98 Å². The molecule has 0 fully saturated rings. The SMILES string of the molecule is CCC(C)N(CC)c1cc(C(F)(F)F)ncc1N. The highest BCUT2D eigenvalue weighted by Gasteiger charge is 2.33. The van der Waals surface area contributed by atoms with Gasteiger partial charge in [-0.25, -0.2) is 4.98 Å². The lowest BCUT2D eigenvalue weighted by molar-refractivity contribution is -0.141. The quantitative estimate of drug-likeness (QED) is 0.904. The zero-order chi connectivity index (χ0) is 13.9. The van der Waals surface area contributed by atoms with Crippen molar-refractivity contribution in [1.82, 2.24) is 4.98 Å². The zero-order valence-corrected chi connectivity index (χ0v) is 10.8. The Morgan fingerprint density at radius 1 is 1.39 bits per heavy atom. The highest BCUT2D eigenvalue weighted by molar-refractivity contribution is 5.67. The molecular formula is C12H18F3N3. The maximum atomic E-state index is 12.6. The minimum absolute atomic E-state index is 0.126. The fraction of sp³-hybridized carbons (Fsp3) is 0.583. The lowest BCUT2D eigenvalue weighted by Crippen LogP contribution is -2.33. The van der Waals surface area contributed by atoms with Crippen molar-refractivity contribution >= 4 is 11.4 Å². The van der Waals surface area contributed by atoms with Crippen LogP contribution in [0.4, 0.5) is 24.5 Å². The van der Waals surface area contributed by atoms with Gasteiger partial charge >= 0.3 is 6.18 Å². The van der Waals surface area contributed by atoms with Gasteiger partial charge in [0.25, 0.3) is 0 Å². The summed E-state index contributed by atoms with van der Waals surface area (Å²) in [4.78, 5) is 5.19. The molecule has 1 aromatic rings. The maximum absolute atomic E-state index is 12.6. The van der Waals surface area contributed by atoms with Crippen LogP contribution in [0, 0.1) is 0 Å². The first-order chi connectivity index (χ1) is 8.31. The molecule has 1 atom stereocenters. The molecule has 6 heteroatoms. The molecule has 102 valence electrons. The normalized spacial score (nSPS) is 13.4. The number of nitrogen functional groups attached to an aromatic ring is 1. The van der Waals surface area contributed by atoms with Crippen LogP contribution in [-0.2, 0) is 6.18 Å². The summed E-state index contributed by atoms with van der Waals surface area (Å²) in [6.07, 6.45) is -2.54. The Morgan fingerprint density at radius 2 is 2.00 bits per heavy atom. The Bertz CT molecular complexity index is 404. The van der Waals surface area contributed by atoms with Gasteiger partial charge < -0.3 is 10.6 Å². The molecule has 1 heterocycles. The van der Waals surface area contributed by atoms with E-state index in [4.69, 9.17) is 5.73 Å². The first-order valence-corrected chi connectivity index (χ1v) is 5.90. The van der Waals surface area contributed by atoms with E-state index in [1.165, 1.54) is 0 Å². The van der Waals surface area contributed by atoms with E-state index in [0.717, 1.165) is 18.7 Å². The molecule has 0 saturated heterocycles. The van der Waals surface area contributed by atoms with E-state index >= 15 is 0 Å². The van der Waals surface area contributed by atoms with Crippen LogP contribution in [0.1, 0.15) is 32.9 Å². The van der Waals surface area contributed by atoms with E-state index < -0.39 is 11.9 Å². The average molecular weight is 261 g/mol. The van der Waals surface area contributed by atoms with Gasteiger partial charge in [-0.05, 0) is 26.3 Å². The number of hydrogen-bond acceptors (Lipinski definition) is 3. The number of aromatic nitrogens is 1. The van der Waals surface area contributed by atoms with Crippen molar-refractivity contribution in [1.29, 1.82) is 0 Å². The minimum Gasteiger partial charge on any atom is -0.396 e. The summed E-state index contributed by atoms with van der Waals surface area (Å²) >= 11 is 0. The number of halogens is 3. The third-order valence-corrected chi connectivity index (χ3v) is 2.98. The van der Waals surface area contributed by atoms with Crippen LogP contribution in [0.25, 0.3) is 0 Å². The number of pyridine rings is 1. The van der Waals surface area contributed by atoms with Gasteiger partial charge in [0.15, 0.2) is 0 Å². The second-order valence-corrected chi connectivity index (χ2v) is 4.17. The van der Waals surface area contributed by atoms with Crippen LogP contribution in [0.2, 0.25) is 0 Å². The van der Waals surface area contributed by atoms with Gasteiger partial charge in [-0.15, -0.1) is 0 Å². The van der Waals surface area contributed by atoms with Crippen molar-refractivity contribution < 1.29 is 13.2 Å². The predicted octanol–water partition coefficient (Wildman–Crippen LogP) is 3.31. The summed E-state index contributed by atoms with van der Waals surface area (Å²) < 4.78 is 37.9. The van der Waals surface area contributed by atoms with Gasteiger partial charge in [0.2, 0.25) is 0 Å². The summed E-state index contributed by atoms with van der Waals surface area (Å²) in [7, 11) is 0. The molecule has 18 heavy (non-hydrogen) atoms. The molecule has 0 saturated carbocycles. The lowest BCUT2D eigenvalue weighted by atomic mass is 10.1. The van der Waals surface area contributed by atoms with Crippen LogP contribution in [0.5, 0.6) is 0 Å². The molecule has 1 aromatic heterocycles. The van der Waals surface area contributed by atoms with Crippen molar-refractivity contribution in [3.8, 4) is 0 Å². The van der Waals surface area contributed by atoms with Crippen molar-refractivity contribution in [2.24, 2.45) is 0 Å². The van der Waals surface area contributed by atoms with Gasteiger partial charge in [-0.3, -0.25) is 0 Å². The zero-order valence-electron chi connectivity index (χ0n) is 10.8. The average Bonchev–Trinajstić information content (AvgIpc) is 2.30. The molecule has 3 nitrogen and oxygen atoms in total. The molecule has 0 spiro atoms. The molecule has 0 aliphatic carbocycles. The molecule has 0 aliphatic rings. The molecular weight excluding hydrogens is 243 g/mol. The molecule has 0 aliphatic heterocycles. The number of alkyl halides is 3. The molecule has 0 amide bonds. The number of hydrogen-bond donors (Lipinski definition) is 1. The Kier molecular flexibility index (Phi) is 4.43. The number of nitrogens with zero attached hydrogens (tertiary/aromatic N) is 2. The topological polar surface area (TPSA) is 42.2 Å². The summed E-state index contributed by atoms with van der Waals surface area (Å²) in [6.45, 7) is 6.42. The Hall–Kier alpha value is -1.46. The van der Waals surface area contributed by atoms with E-state index in [9.17, 15) is 13.2 Å². The van der Waals surface area contributed by atoms with Gasteiger partial charge in [-0.1, -0.05) is 6.92 Å². The summed E-state index contributed by atoms with van der Waals surface area (Å²) in [6, 6.07) is 1.14. The fourth-order valence-corrected chi connectivity index (χ4v) is 1.80. The maximum Gasteiger partial charge on any atom is 0.433 e. The van der Waals surface area contributed by atoms with Crippen molar-refractivity contribution in [3.05, 3.63) is 18.0 Å². The Labute approximate surface area is 105 Å². The highest BCUT2D eigenvalue weighted by Crippen LogP contribution is 2.33. The molecule has 0 aromatic carbocycles. The predicted molar refractivity (Wildman–Crippen MR) is 66.4 cm³/mol. The summed E-state index contributed by atoms with van der Waals surface area (Å²) in [5.74, 6) is 0. The van der Waals surface area contributed by atoms with Crippen LogP contribution in [0.15, 0.2) is 12.3 Å². The van der Waals surface area contributed by atoms with Gasteiger partial charge in [0.05, 0.1) is 17.6 Å². The van der Waals surface area contributed by atoms with Crippen molar-refractivity contribution in [2.75, 3.05) is 17.2 Å². The van der Waals surface area contributed by atoms with Crippen molar-refractivity contribution in [2.45, 2.75) is 39.4 Å². The van der Waals surface area contributed by atoms with Crippen LogP contribution in [-0.4, -0.2) is 17.6 Å². The molecule has 1 rings (SSSR count). The van der Waals surface area contributed by atoms with E-state index in [1.54, 1.807) is 0 Å². The van der Waals surface area contributed by atoms with Crippen molar-refractivity contribution in [3.63, 3.8) is 0 Å². The standard InChI is InChI=1S/C12H18F3N3/c1-4-8(3)18(5-2)10-6-11(12(13,14)15)17-7-9(10)16/h6-8H,4-5,16H2,1-3H3. The molecule has 0 radical (unpaired) electrons. The fourth-order valence-electron chi connectivity index (χ4n) is 1.80. The monoisotopic (exact) mass is 261 g/mol. The number of nitrogens with two attached hydrogens (primary N) is 1. The smallest absolute Gasteiger partial charge is 0.396 e. The van der Waals surface area contributed by atoms with Crippen LogP contribution >= 0.6 is 0 Å². The Morgan fingerprint density at radius 3 is 2.44 bits per heavy atom. The van der Waals surface area contributed by atoms with E-state index in [0.29, 0.717) is 12.2 Å². The van der Waals surface area contributed by atoms with Crippen LogP contribution in [0.3, 0.4) is 0 Å². The number of rotatable bonds is 4. The van der Waals surface area contributed by atoms with Gasteiger partial charge in [0, 0.05) is 12.6 Å². The van der Waals surface area contributed by atoms with Crippen LogP contribution < -0.4 is 10.6 Å². The van der Waals surface area contributed by atoms with Gasteiger partial charge in [0.1, 0.15) is 5.69 Å². The third kappa shape index (κ3) is 3.05. The first kappa shape index (κ1) is 14.6. The van der Waals surface area contributed by atoms with Gasteiger partial charge in [-0.2, -0.15) is 13.2 Å². The molecule has 2 N–H and O–H groups in total. The second kappa shape index (κ2) is 5.46. The van der Waals surface area contributed by atoms with E-state index in [-0.39, 0.29) is 11.7 Å². The number of anilines is 2. The third-order valence-electron chi connectivity index (χ3n) is 2.98. The summed E-state index contributed by atoms with van der Waals surface area (Å²) in [5, 5.41) is 0.